The van der Waals surface area contributed by atoms with E-state index < -0.39 is 0 Å². The molecule has 0 spiro atoms. The number of amides is 1. The minimum absolute atomic E-state index is 0.172. The van der Waals surface area contributed by atoms with Crippen molar-refractivity contribution in [2.24, 2.45) is 0 Å². The average Bonchev–Trinajstić information content (AvgIpc) is 2.52. The highest BCUT2D eigenvalue weighted by molar-refractivity contribution is 6.29. The van der Waals surface area contributed by atoms with E-state index in [4.69, 9.17) is 16.3 Å². The van der Waals surface area contributed by atoms with E-state index in [1.54, 1.807) is 19.1 Å². The molecular formula is C15H16ClN3O2. The highest BCUT2D eigenvalue weighted by Crippen LogP contribution is 2.28. The zero-order valence-corrected chi connectivity index (χ0v) is 12.8. The predicted octanol–water partition coefficient (Wildman–Crippen LogP) is 2.97. The molecule has 1 unspecified atom stereocenters. The molecule has 0 radical (unpaired) electrons. The standard InChI is InChI=1S/C15H16ClN3O2/c1-10(11-6-4-5-7-13(11)21-3)19(2)15(20)12-8-17-9-14(16)18-12/h4-10H,1-3H3. The zero-order chi connectivity index (χ0) is 15.4. The first-order chi connectivity index (χ1) is 10.0. The van der Waals surface area contributed by atoms with Crippen LogP contribution in [0.5, 0.6) is 5.75 Å². The number of hydrogen-bond acceptors (Lipinski definition) is 4. The molecule has 1 atom stereocenters. The molecule has 2 aromatic rings. The SMILES string of the molecule is COc1ccccc1C(C)N(C)C(=O)c1cncc(Cl)n1. The highest BCUT2D eigenvalue weighted by Gasteiger charge is 2.22. The number of methoxy groups -OCH3 is 1. The van der Waals surface area contributed by atoms with Gasteiger partial charge >= 0.3 is 0 Å². The quantitative estimate of drug-likeness (QED) is 0.871. The molecule has 0 aliphatic rings. The number of benzene rings is 1. The van der Waals surface area contributed by atoms with E-state index in [0.29, 0.717) is 0 Å². The molecule has 0 N–H and O–H groups in total. The summed E-state index contributed by atoms with van der Waals surface area (Å²) in [7, 11) is 3.32. The maximum atomic E-state index is 12.4. The van der Waals surface area contributed by atoms with Crippen LogP contribution in [0.25, 0.3) is 0 Å². The van der Waals surface area contributed by atoms with Crippen molar-refractivity contribution in [2.75, 3.05) is 14.2 Å². The van der Waals surface area contributed by atoms with Gasteiger partial charge in [-0.1, -0.05) is 29.8 Å². The van der Waals surface area contributed by atoms with Gasteiger partial charge in [-0.05, 0) is 13.0 Å². The Labute approximate surface area is 128 Å². The van der Waals surface area contributed by atoms with Gasteiger partial charge < -0.3 is 9.64 Å². The largest absolute Gasteiger partial charge is 0.496 e. The minimum Gasteiger partial charge on any atom is -0.496 e. The third-order valence-corrected chi connectivity index (χ3v) is 3.50. The third-order valence-electron chi connectivity index (χ3n) is 3.31. The Bertz CT molecular complexity index is 648. The second-order valence-electron chi connectivity index (χ2n) is 4.56. The summed E-state index contributed by atoms with van der Waals surface area (Å²) in [5, 5.41) is 0.194. The molecule has 0 fully saturated rings. The molecule has 110 valence electrons. The average molecular weight is 306 g/mol. The Kier molecular flexibility index (Phi) is 4.75. The lowest BCUT2D eigenvalue weighted by Crippen LogP contribution is -2.30. The Hall–Kier alpha value is -2.14. The number of halogens is 1. The van der Waals surface area contributed by atoms with Crippen LogP contribution in [0.4, 0.5) is 0 Å². The predicted molar refractivity (Wildman–Crippen MR) is 80.5 cm³/mol. The fourth-order valence-corrected chi connectivity index (χ4v) is 2.17. The van der Waals surface area contributed by atoms with E-state index in [1.165, 1.54) is 12.4 Å². The molecule has 1 amide bonds. The van der Waals surface area contributed by atoms with Crippen LogP contribution in [0, 0.1) is 0 Å². The molecular weight excluding hydrogens is 290 g/mol. The first-order valence-corrected chi connectivity index (χ1v) is 6.80. The monoisotopic (exact) mass is 305 g/mol. The van der Waals surface area contributed by atoms with E-state index in [0.717, 1.165) is 11.3 Å². The second kappa shape index (κ2) is 6.54. The van der Waals surface area contributed by atoms with Crippen molar-refractivity contribution in [1.82, 2.24) is 14.9 Å². The van der Waals surface area contributed by atoms with E-state index in [1.807, 2.05) is 31.2 Å². The van der Waals surface area contributed by atoms with Gasteiger partial charge in [0.1, 0.15) is 16.6 Å². The van der Waals surface area contributed by atoms with Crippen molar-refractivity contribution in [2.45, 2.75) is 13.0 Å². The lowest BCUT2D eigenvalue weighted by Gasteiger charge is -2.26. The van der Waals surface area contributed by atoms with Crippen LogP contribution in [-0.2, 0) is 0 Å². The molecule has 1 aromatic heterocycles. The minimum atomic E-state index is -0.247. The summed E-state index contributed by atoms with van der Waals surface area (Å²) in [5.74, 6) is 0.491. The molecule has 1 heterocycles. The molecule has 2 rings (SSSR count). The van der Waals surface area contributed by atoms with E-state index in [2.05, 4.69) is 9.97 Å². The van der Waals surface area contributed by atoms with Gasteiger partial charge in [0.2, 0.25) is 0 Å². The zero-order valence-electron chi connectivity index (χ0n) is 12.1. The summed E-state index contributed by atoms with van der Waals surface area (Å²) in [6, 6.07) is 7.42. The van der Waals surface area contributed by atoms with Crippen LogP contribution < -0.4 is 4.74 Å². The summed E-state index contributed by atoms with van der Waals surface area (Å²) in [6.45, 7) is 1.92. The summed E-state index contributed by atoms with van der Waals surface area (Å²) in [5.41, 5.74) is 1.14. The van der Waals surface area contributed by atoms with E-state index in [9.17, 15) is 4.79 Å². The number of carbonyl (C=O) groups is 1. The van der Waals surface area contributed by atoms with Crippen LogP contribution in [0.1, 0.15) is 29.0 Å². The molecule has 21 heavy (non-hydrogen) atoms. The summed E-state index contributed by atoms with van der Waals surface area (Å²) in [6.07, 6.45) is 2.79. The van der Waals surface area contributed by atoms with Gasteiger partial charge in [0.15, 0.2) is 0 Å². The van der Waals surface area contributed by atoms with Gasteiger partial charge in [-0.2, -0.15) is 0 Å². The molecule has 0 bridgehead atoms. The normalized spacial score (nSPS) is 11.8. The van der Waals surface area contributed by atoms with E-state index >= 15 is 0 Å². The third kappa shape index (κ3) is 3.31. The summed E-state index contributed by atoms with van der Waals surface area (Å²) in [4.78, 5) is 21.9. The number of rotatable bonds is 4. The highest BCUT2D eigenvalue weighted by atomic mass is 35.5. The number of nitrogens with zero attached hydrogens (tertiary/aromatic N) is 3. The Balaban J connectivity index is 2.26. The number of ether oxygens (including phenoxy) is 1. The molecule has 0 saturated heterocycles. The number of carbonyl (C=O) groups excluding carboxylic acids is 1. The van der Waals surface area contributed by atoms with Gasteiger partial charge in [0, 0.05) is 12.6 Å². The second-order valence-corrected chi connectivity index (χ2v) is 4.95. The van der Waals surface area contributed by atoms with Crippen LogP contribution >= 0.6 is 11.6 Å². The fourth-order valence-electron chi connectivity index (χ4n) is 2.02. The Morgan fingerprint density at radius 3 is 2.71 bits per heavy atom. The summed E-state index contributed by atoms with van der Waals surface area (Å²) < 4.78 is 5.33. The van der Waals surface area contributed by atoms with Crippen molar-refractivity contribution in [1.29, 1.82) is 0 Å². The van der Waals surface area contributed by atoms with Crippen molar-refractivity contribution >= 4 is 17.5 Å². The number of hydrogen-bond donors (Lipinski definition) is 0. The van der Waals surface area contributed by atoms with Gasteiger partial charge in [0.25, 0.3) is 5.91 Å². The van der Waals surface area contributed by atoms with Crippen molar-refractivity contribution < 1.29 is 9.53 Å². The molecule has 0 saturated carbocycles. The smallest absolute Gasteiger partial charge is 0.274 e. The molecule has 0 aliphatic heterocycles. The lowest BCUT2D eigenvalue weighted by molar-refractivity contribution is 0.0734. The molecule has 0 aliphatic carbocycles. The summed E-state index contributed by atoms with van der Waals surface area (Å²) >= 11 is 5.77. The van der Waals surface area contributed by atoms with Crippen LogP contribution in [0.2, 0.25) is 5.15 Å². The maximum absolute atomic E-state index is 12.4. The first kappa shape index (κ1) is 15.3. The van der Waals surface area contributed by atoms with Crippen LogP contribution in [0.15, 0.2) is 36.7 Å². The van der Waals surface area contributed by atoms with Gasteiger partial charge in [-0.15, -0.1) is 0 Å². The van der Waals surface area contributed by atoms with Gasteiger partial charge in [0.05, 0.1) is 25.5 Å². The Morgan fingerprint density at radius 2 is 2.05 bits per heavy atom. The first-order valence-electron chi connectivity index (χ1n) is 6.42. The number of para-hydroxylation sites is 1. The van der Waals surface area contributed by atoms with Gasteiger partial charge in [-0.3, -0.25) is 9.78 Å². The van der Waals surface area contributed by atoms with Crippen molar-refractivity contribution in [3.63, 3.8) is 0 Å². The maximum Gasteiger partial charge on any atom is 0.274 e. The van der Waals surface area contributed by atoms with Crippen molar-refractivity contribution in [3.05, 3.63) is 53.1 Å². The lowest BCUT2D eigenvalue weighted by atomic mass is 10.1. The molecule has 5 nitrogen and oxygen atoms in total. The number of aromatic nitrogens is 2. The topological polar surface area (TPSA) is 55.3 Å². The van der Waals surface area contributed by atoms with E-state index in [-0.39, 0.29) is 22.8 Å². The van der Waals surface area contributed by atoms with Crippen molar-refractivity contribution in [3.8, 4) is 5.75 Å². The molecule has 6 heteroatoms. The fraction of sp³-hybridized carbons (Fsp3) is 0.267. The Morgan fingerprint density at radius 1 is 1.33 bits per heavy atom. The van der Waals surface area contributed by atoms with Crippen LogP contribution in [0.3, 0.4) is 0 Å². The molecule has 1 aromatic carbocycles. The van der Waals surface area contributed by atoms with Gasteiger partial charge in [-0.25, -0.2) is 4.98 Å². The van der Waals surface area contributed by atoms with Crippen LogP contribution in [-0.4, -0.2) is 34.9 Å².